The number of carbonyl (C=O) groups excluding carboxylic acids is 2. The molecule has 2 fully saturated rings. The first-order chi connectivity index (χ1) is 14.6. The number of ether oxygens (including phenoxy) is 1. The lowest BCUT2D eigenvalue weighted by Crippen LogP contribution is -2.40. The number of aliphatic hydroxyl groups is 1. The van der Waals surface area contributed by atoms with Gasteiger partial charge in [-0.2, -0.15) is 0 Å². The Kier molecular flexibility index (Phi) is 5.84. The molecule has 2 aliphatic rings. The third-order valence-corrected chi connectivity index (χ3v) is 5.91. The zero-order valence-corrected chi connectivity index (χ0v) is 17.1. The molecule has 6 nitrogen and oxygen atoms in total. The molecule has 2 heterocycles. The highest BCUT2D eigenvalue weighted by atomic mass is 16.5. The first-order valence-corrected chi connectivity index (χ1v) is 10.5. The Bertz CT molecular complexity index is 947. The molecular formula is C24H26N2O4. The molecule has 1 N–H and O–H groups in total. The summed E-state index contributed by atoms with van der Waals surface area (Å²) in [6, 6.07) is 10.1. The molecule has 0 bridgehead atoms. The van der Waals surface area contributed by atoms with E-state index >= 15 is 0 Å². The third kappa shape index (κ3) is 3.70. The van der Waals surface area contributed by atoms with Crippen LogP contribution in [-0.4, -0.2) is 39.3 Å². The van der Waals surface area contributed by atoms with Gasteiger partial charge in [0.2, 0.25) is 0 Å². The number of hydrogen-bond acceptors (Lipinski definition) is 5. The van der Waals surface area contributed by atoms with Gasteiger partial charge in [-0.15, -0.1) is 0 Å². The van der Waals surface area contributed by atoms with Gasteiger partial charge in [-0.1, -0.05) is 31.4 Å². The highest BCUT2D eigenvalue weighted by Crippen LogP contribution is 2.43. The number of amides is 1. The van der Waals surface area contributed by atoms with Crippen molar-refractivity contribution >= 4 is 17.4 Å². The number of benzene rings is 1. The minimum atomic E-state index is -0.631. The fraction of sp³-hybridized carbons (Fsp3) is 0.375. The van der Waals surface area contributed by atoms with Gasteiger partial charge in [0.1, 0.15) is 11.5 Å². The van der Waals surface area contributed by atoms with Crippen molar-refractivity contribution in [3.63, 3.8) is 0 Å². The summed E-state index contributed by atoms with van der Waals surface area (Å²) in [7, 11) is 0. The van der Waals surface area contributed by atoms with Crippen molar-refractivity contribution in [2.24, 2.45) is 0 Å². The smallest absolute Gasteiger partial charge is 0.295 e. The molecule has 156 valence electrons. The number of aliphatic hydroxyl groups excluding tert-OH is 1. The summed E-state index contributed by atoms with van der Waals surface area (Å²) in [4.78, 5) is 31.8. The van der Waals surface area contributed by atoms with Crippen molar-refractivity contribution in [3.8, 4) is 5.75 Å². The molecule has 0 radical (unpaired) electrons. The number of rotatable bonds is 5. The van der Waals surface area contributed by atoms with Crippen LogP contribution in [0, 0.1) is 0 Å². The normalized spacial score (nSPS) is 21.8. The average Bonchev–Trinajstić information content (AvgIpc) is 3.06. The summed E-state index contributed by atoms with van der Waals surface area (Å²) < 4.78 is 5.54. The Balaban J connectivity index is 1.82. The second kappa shape index (κ2) is 8.69. The van der Waals surface area contributed by atoms with Gasteiger partial charge in [0.05, 0.1) is 18.2 Å². The van der Waals surface area contributed by atoms with Crippen LogP contribution in [0.4, 0.5) is 0 Å². The Morgan fingerprint density at radius 3 is 2.37 bits per heavy atom. The molecule has 6 heteroatoms. The number of Topliss-reactive ketones (excluding diaryl/α,β-unsaturated/α-hetero) is 1. The van der Waals surface area contributed by atoms with Crippen molar-refractivity contribution in [2.45, 2.75) is 51.1 Å². The molecule has 1 saturated carbocycles. The van der Waals surface area contributed by atoms with E-state index in [9.17, 15) is 14.7 Å². The molecule has 4 rings (SSSR count). The van der Waals surface area contributed by atoms with Gasteiger partial charge in [0.15, 0.2) is 0 Å². The van der Waals surface area contributed by atoms with Crippen LogP contribution in [0.5, 0.6) is 5.75 Å². The van der Waals surface area contributed by atoms with E-state index in [1.54, 1.807) is 29.4 Å². The van der Waals surface area contributed by atoms with Gasteiger partial charge in [-0.25, -0.2) is 0 Å². The summed E-state index contributed by atoms with van der Waals surface area (Å²) in [5, 5.41) is 11.0. The van der Waals surface area contributed by atoms with E-state index in [0.29, 0.717) is 12.2 Å². The lowest BCUT2D eigenvalue weighted by atomic mass is 9.91. The highest BCUT2D eigenvalue weighted by Gasteiger charge is 2.48. The maximum absolute atomic E-state index is 13.1. The van der Waals surface area contributed by atoms with Crippen LogP contribution in [0.2, 0.25) is 0 Å². The van der Waals surface area contributed by atoms with Crippen LogP contribution < -0.4 is 4.74 Å². The molecule has 2 aromatic rings. The minimum Gasteiger partial charge on any atom is -0.507 e. The second-order valence-electron chi connectivity index (χ2n) is 7.74. The summed E-state index contributed by atoms with van der Waals surface area (Å²) in [6.45, 7) is 2.47. The van der Waals surface area contributed by atoms with E-state index in [2.05, 4.69) is 4.98 Å². The number of aromatic nitrogens is 1. The summed E-state index contributed by atoms with van der Waals surface area (Å²) in [5.41, 5.74) is 1.40. The molecule has 1 aliphatic heterocycles. The lowest BCUT2D eigenvalue weighted by molar-refractivity contribution is -0.141. The highest BCUT2D eigenvalue weighted by molar-refractivity contribution is 6.46. The van der Waals surface area contributed by atoms with E-state index < -0.39 is 17.7 Å². The monoisotopic (exact) mass is 406 g/mol. The SMILES string of the molecule is CCOc1ccc(C2/C(=C(/O)c3ccncc3)C(=O)C(=O)N2C2CCCCC2)cc1. The number of ketones is 1. The van der Waals surface area contributed by atoms with E-state index in [0.717, 1.165) is 43.4 Å². The van der Waals surface area contributed by atoms with E-state index in [4.69, 9.17) is 4.74 Å². The number of carbonyl (C=O) groups is 2. The molecule has 1 saturated heterocycles. The third-order valence-electron chi connectivity index (χ3n) is 5.91. The molecule has 1 amide bonds. The van der Waals surface area contributed by atoms with Crippen molar-refractivity contribution in [1.82, 2.24) is 9.88 Å². The fourth-order valence-corrected chi connectivity index (χ4v) is 4.49. The molecule has 1 aromatic carbocycles. The predicted octanol–water partition coefficient (Wildman–Crippen LogP) is 4.23. The predicted molar refractivity (Wildman–Crippen MR) is 113 cm³/mol. The first-order valence-electron chi connectivity index (χ1n) is 10.5. The maximum Gasteiger partial charge on any atom is 0.295 e. The Morgan fingerprint density at radius 1 is 1.07 bits per heavy atom. The van der Waals surface area contributed by atoms with Gasteiger partial charge < -0.3 is 14.7 Å². The van der Waals surface area contributed by atoms with Crippen molar-refractivity contribution < 1.29 is 19.4 Å². The topological polar surface area (TPSA) is 79.7 Å². The summed E-state index contributed by atoms with van der Waals surface area (Å²) in [6.07, 6.45) is 8.06. The maximum atomic E-state index is 13.1. The van der Waals surface area contributed by atoms with Crippen LogP contribution in [0.1, 0.15) is 56.2 Å². The molecule has 1 aromatic heterocycles. The molecule has 1 aliphatic carbocycles. The zero-order valence-electron chi connectivity index (χ0n) is 17.1. The van der Waals surface area contributed by atoms with Crippen molar-refractivity contribution in [3.05, 3.63) is 65.5 Å². The molecular weight excluding hydrogens is 380 g/mol. The minimum absolute atomic E-state index is 0.00508. The van der Waals surface area contributed by atoms with Gasteiger partial charge in [0.25, 0.3) is 11.7 Å². The number of hydrogen-bond donors (Lipinski definition) is 1. The lowest BCUT2D eigenvalue weighted by Gasteiger charge is -2.35. The largest absolute Gasteiger partial charge is 0.507 e. The van der Waals surface area contributed by atoms with Crippen molar-refractivity contribution in [2.75, 3.05) is 6.61 Å². The summed E-state index contributed by atoms with van der Waals surface area (Å²) in [5.74, 6) is -0.594. The number of pyridine rings is 1. The fourth-order valence-electron chi connectivity index (χ4n) is 4.49. The van der Waals surface area contributed by atoms with Gasteiger partial charge in [-0.3, -0.25) is 14.6 Å². The van der Waals surface area contributed by atoms with Crippen LogP contribution in [-0.2, 0) is 9.59 Å². The van der Waals surface area contributed by atoms with E-state index in [1.807, 2.05) is 31.2 Å². The molecule has 1 atom stereocenters. The van der Waals surface area contributed by atoms with Gasteiger partial charge in [0, 0.05) is 24.0 Å². The zero-order chi connectivity index (χ0) is 21.1. The second-order valence-corrected chi connectivity index (χ2v) is 7.74. The molecule has 1 unspecified atom stereocenters. The van der Waals surface area contributed by atoms with Gasteiger partial charge >= 0.3 is 0 Å². The molecule has 0 spiro atoms. The van der Waals surface area contributed by atoms with Crippen LogP contribution in [0.3, 0.4) is 0 Å². The van der Waals surface area contributed by atoms with Crippen LogP contribution in [0.25, 0.3) is 5.76 Å². The summed E-state index contributed by atoms with van der Waals surface area (Å²) >= 11 is 0. The van der Waals surface area contributed by atoms with E-state index in [-0.39, 0.29) is 17.4 Å². The molecule has 30 heavy (non-hydrogen) atoms. The van der Waals surface area contributed by atoms with Gasteiger partial charge in [-0.05, 0) is 49.6 Å². The number of likely N-dealkylation sites (tertiary alicyclic amines) is 1. The Morgan fingerprint density at radius 2 is 1.73 bits per heavy atom. The number of nitrogens with zero attached hydrogens (tertiary/aromatic N) is 2. The van der Waals surface area contributed by atoms with E-state index in [1.165, 1.54) is 0 Å². The van der Waals surface area contributed by atoms with Crippen LogP contribution in [0.15, 0.2) is 54.4 Å². The Labute approximate surface area is 176 Å². The quantitative estimate of drug-likeness (QED) is 0.457. The Hall–Kier alpha value is -3.15. The first kappa shape index (κ1) is 20.1. The standard InChI is InChI=1S/C24H26N2O4/c1-2-30-19-10-8-16(9-11-19)21-20(22(27)17-12-14-25-15-13-17)23(28)24(29)26(21)18-6-4-3-5-7-18/h8-15,18,21,27H,2-7H2,1H3/b22-20-. The average molecular weight is 406 g/mol. The van der Waals surface area contributed by atoms with Crippen LogP contribution >= 0.6 is 0 Å². The van der Waals surface area contributed by atoms with Crippen molar-refractivity contribution in [1.29, 1.82) is 0 Å².